The Bertz CT molecular complexity index is 1490. The van der Waals surface area contributed by atoms with Gasteiger partial charge in [-0.3, -0.25) is 14.4 Å². The van der Waals surface area contributed by atoms with Crippen molar-refractivity contribution in [3.05, 3.63) is 70.1 Å². The molecule has 218 valence electrons. The third-order valence-electron chi connectivity index (χ3n) is 7.26. The minimum atomic E-state index is -0.751. The molecule has 9 nitrogen and oxygen atoms in total. The zero-order valence-corrected chi connectivity index (χ0v) is 24.7. The van der Waals surface area contributed by atoms with Gasteiger partial charge in [-0.25, -0.2) is 8.87 Å². The standard InChI is InChI=1S/C30H35ClFN4O5/c1-33(2)29(39)27(37)24-17-35(18-41-30(40)36(3,4)5)26-16-25(31)23(15-22(24)26)28(38)34-12-10-20(11-13-34)14-19-6-8-21(32)9-7-19/h6-9,15-17,20H,10-14,18H2,1-5H3/q+1. The van der Waals surface area contributed by atoms with Gasteiger partial charge in [-0.1, -0.05) is 23.7 Å². The average Bonchev–Trinajstić information content (AvgIpc) is 3.28. The highest BCUT2D eigenvalue weighted by Gasteiger charge is 2.29. The Morgan fingerprint density at radius 2 is 1.66 bits per heavy atom. The summed E-state index contributed by atoms with van der Waals surface area (Å²) >= 11 is 6.61. The Balaban J connectivity index is 1.59. The van der Waals surface area contributed by atoms with E-state index < -0.39 is 17.8 Å². The highest BCUT2D eigenvalue weighted by molar-refractivity contribution is 6.45. The number of hydrogen-bond donors (Lipinski definition) is 0. The number of halogens is 2. The number of piperidine rings is 1. The summed E-state index contributed by atoms with van der Waals surface area (Å²) in [7, 11) is 7.96. The van der Waals surface area contributed by atoms with Crippen LogP contribution >= 0.6 is 11.6 Å². The zero-order chi connectivity index (χ0) is 30.1. The van der Waals surface area contributed by atoms with Crippen LogP contribution < -0.4 is 0 Å². The molecule has 3 aromatic rings. The average molecular weight is 586 g/mol. The normalized spacial score (nSPS) is 14.3. The molecule has 0 aliphatic carbocycles. The number of likely N-dealkylation sites (N-methyl/N-ethyl adjacent to an activating group) is 1. The zero-order valence-electron chi connectivity index (χ0n) is 23.9. The van der Waals surface area contributed by atoms with Gasteiger partial charge in [0.15, 0.2) is 6.73 Å². The molecule has 1 aromatic heterocycles. The lowest BCUT2D eigenvalue weighted by Gasteiger charge is -2.32. The van der Waals surface area contributed by atoms with E-state index in [1.807, 2.05) is 0 Å². The topological polar surface area (TPSA) is 88.9 Å². The number of carbonyl (C=O) groups excluding carboxylic acids is 4. The molecule has 0 N–H and O–H groups in total. The molecule has 0 bridgehead atoms. The predicted octanol–water partition coefficient (Wildman–Crippen LogP) is 4.60. The van der Waals surface area contributed by atoms with Gasteiger partial charge in [-0.15, -0.1) is 0 Å². The summed E-state index contributed by atoms with van der Waals surface area (Å²) in [6, 6.07) is 9.59. The first kappa shape index (κ1) is 30.2. The summed E-state index contributed by atoms with van der Waals surface area (Å²) in [5, 5.41) is 0.552. The van der Waals surface area contributed by atoms with Crippen molar-refractivity contribution < 1.29 is 32.8 Å². The maximum Gasteiger partial charge on any atom is 0.517 e. The molecule has 1 aliphatic heterocycles. The second-order valence-electron chi connectivity index (χ2n) is 11.5. The van der Waals surface area contributed by atoms with Crippen molar-refractivity contribution in [3.63, 3.8) is 0 Å². The molecule has 2 heterocycles. The second-order valence-corrected chi connectivity index (χ2v) is 11.9. The van der Waals surface area contributed by atoms with E-state index in [1.54, 1.807) is 50.3 Å². The van der Waals surface area contributed by atoms with Crippen LogP contribution in [0.15, 0.2) is 42.6 Å². The van der Waals surface area contributed by atoms with Crippen molar-refractivity contribution >= 4 is 46.2 Å². The van der Waals surface area contributed by atoms with Gasteiger partial charge in [0.1, 0.15) is 5.82 Å². The van der Waals surface area contributed by atoms with E-state index in [-0.39, 0.29) is 39.1 Å². The van der Waals surface area contributed by atoms with Crippen LogP contribution in [0.3, 0.4) is 0 Å². The van der Waals surface area contributed by atoms with Crippen LogP contribution in [0.2, 0.25) is 5.02 Å². The molecule has 0 spiro atoms. The van der Waals surface area contributed by atoms with Gasteiger partial charge in [0, 0.05) is 38.8 Å². The Morgan fingerprint density at radius 3 is 2.24 bits per heavy atom. The molecule has 0 saturated carbocycles. The van der Waals surface area contributed by atoms with Crippen LogP contribution in [0, 0.1) is 11.7 Å². The maximum atomic E-state index is 13.6. The van der Waals surface area contributed by atoms with Crippen LogP contribution in [0.1, 0.15) is 39.1 Å². The number of amides is 3. The molecule has 11 heteroatoms. The number of ether oxygens (including phenoxy) is 1. The third kappa shape index (κ3) is 6.77. The summed E-state index contributed by atoms with van der Waals surface area (Å²) in [6.45, 7) is 0.859. The van der Waals surface area contributed by atoms with Crippen molar-refractivity contribution in [2.24, 2.45) is 5.92 Å². The molecular formula is C30H35ClFN4O5+. The van der Waals surface area contributed by atoms with Crippen LogP contribution in [0.5, 0.6) is 0 Å². The van der Waals surface area contributed by atoms with E-state index >= 15 is 0 Å². The van der Waals surface area contributed by atoms with E-state index in [4.69, 9.17) is 16.3 Å². The monoisotopic (exact) mass is 585 g/mol. The van der Waals surface area contributed by atoms with Gasteiger partial charge in [0.2, 0.25) is 0 Å². The third-order valence-corrected chi connectivity index (χ3v) is 7.57. The maximum absolute atomic E-state index is 13.6. The second kappa shape index (κ2) is 12.0. The van der Waals surface area contributed by atoms with Gasteiger partial charge in [0.25, 0.3) is 17.6 Å². The minimum absolute atomic E-state index is 0.0654. The largest absolute Gasteiger partial charge is 0.517 e. The van der Waals surface area contributed by atoms with E-state index in [0.717, 1.165) is 24.8 Å². The van der Waals surface area contributed by atoms with Gasteiger partial charge < -0.3 is 19.1 Å². The first-order valence-corrected chi connectivity index (χ1v) is 13.7. The highest BCUT2D eigenvalue weighted by Crippen LogP contribution is 2.31. The van der Waals surface area contributed by atoms with Crippen molar-refractivity contribution in [2.75, 3.05) is 48.3 Å². The molecule has 1 fully saturated rings. The molecular weight excluding hydrogens is 551 g/mol. The molecule has 0 atom stereocenters. The molecule has 3 amide bonds. The number of quaternary nitrogens is 1. The first-order valence-electron chi connectivity index (χ1n) is 13.4. The summed E-state index contributed by atoms with van der Waals surface area (Å²) in [5.74, 6) is -1.64. The molecule has 4 rings (SSSR count). The number of nitrogens with zero attached hydrogens (tertiary/aromatic N) is 4. The molecule has 0 unspecified atom stereocenters. The Labute approximate surface area is 243 Å². The smallest absolute Gasteiger partial charge is 0.398 e. The SMILES string of the molecule is CN(C)C(=O)C(=O)c1cn(COC(=O)[N+](C)(C)C)c2cc(Cl)c(C(=O)N3CCC(Cc4ccc(F)cc4)CC3)cc12. The Kier molecular flexibility index (Phi) is 8.84. The summed E-state index contributed by atoms with van der Waals surface area (Å²) in [4.78, 5) is 54.5. The van der Waals surface area contributed by atoms with Crippen LogP contribution in [-0.4, -0.2) is 90.9 Å². The van der Waals surface area contributed by atoms with Gasteiger partial charge >= 0.3 is 6.09 Å². The number of rotatable bonds is 7. The molecule has 0 radical (unpaired) electrons. The number of benzene rings is 2. The number of likely N-dealkylation sites (tertiary alicyclic amines) is 1. The summed E-state index contributed by atoms with van der Waals surface area (Å²) < 4.78 is 20.1. The van der Waals surface area contributed by atoms with Crippen molar-refractivity contribution in [1.29, 1.82) is 0 Å². The number of hydrogen-bond acceptors (Lipinski definition) is 5. The van der Waals surface area contributed by atoms with Crippen LogP contribution in [-0.2, 0) is 22.7 Å². The highest BCUT2D eigenvalue weighted by atomic mass is 35.5. The summed E-state index contributed by atoms with van der Waals surface area (Å²) in [6.07, 6.45) is 3.34. The van der Waals surface area contributed by atoms with Crippen molar-refractivity contribution in [1.82, 2.24) is 14.4 Å². The van der Waals surface area contributed by atoms with E-state index in [2.05, 4.69) is 0 Å². The van der Waals surface area contributed by atoms with Gasteiger partial charge in [0.05, 0.1) is 42.8 Å². The molecule has 1 saturated heterocycles. The van der Waals surface area contributed by atoms with E-state index in [1.165, 1.54) is 41.9 Å². The Morgan fingerprint density at radius 1 is 1.02 bits per heavy atom. The van der Waals surface area contributed by atoms with Gasteiger partial charge in [-0.05, 0) is 55.0 Å². The number of aromatic nitrogens is 1. The first-order chi connectivity index (χ1) is 19.3. The lowest BCUT2D eigenvalue weighted by Crippen LogP contribution is -2.41. The number of carbonyl (C=O) groups is 4. The fourth-order valence-electron chi connectivity index (χ4n) is 4.86. The number of ketones is 1. The minimum Gasteiger partial charge on any atom is -0.398 e. The van der Waals surface area contributed by atoms with Gasteiger partial charge in [-0.2, -0.15) is 4.79 Å². The fourth-order valence-corrected chi connectivity index (χ4v) is 5.10. The van der Waals surface area contributed by atoms with Crippen LogP contribution in [0.4, 0.5) is 9.18 Å². The molecule has 41 heavy (non-hydrogen) atoms. The Hall–Kier alpha value is -3.76. The van der Waals surface area contributed by atoms with Crippen LogP contribution in [0.25, 0.3) is 10.9 Å². The van der Waals surface area contributed by atoms with E-state index in [9.17, 15) is 23.6 Å². The molecule has 1 aliphatic rings. The molecule has 2 aromatic carbocycles. The number of fused-ring (bicyclic) bond motifs is 1. The van der Waals surface area contributed by atoms with Crippen molar-refractivity contribution in [3.8, 4) is 0 Å². The fraction of sp³-hybridized carbons (Fsp3) is 0.400. The number of Topliss-reactive ketones (excluding diaryl/α,β-unsaturated/α-hetero) is 1. The summed E-state index contributed by atoms with van der Waals surface area (Å²) in [5.41, 5.74) is 1.83. The quantitative estimate of drug-likeness (QED) is 0.230. The van der Waals surface area contributed by atoms with E-state index in [0.29, 0.717) is 29.9 Å². The predicted molar refractivity (Wildman–Crippen MR) is 153 cm³/mol. The lowest BCUT2D eigenvalue weighted by atomic mass is 9.90. The lowest BCUT2D eigenvalue weighted by molar-refractivity contribution is -0.796. The van der Waals surface area contributed by atoms with Crippen molar-refractivity contribution in [2.45, 2.75) is 26.0 Å².